The number of pyridine rings is 1. The standard InChI is InChI=1S/C22H23NO2/c24-21(11-8-18-5-4-15-23-17-18)14-16-25-22-12-9-20(10-13-22)19-6-2-1-3-7-19/h1-7,9-10,12-13,15,17,21,24H,8,11,14,16H2/t21-/m1/s1. The zero-order chi connectivity index (χ0) is 17.3. The highest BCUT2D eigenvalue weighted by Crippen LogP contribution is 2.22. The molecule has 3 rings (SSSR count). The van der Waals surface area contributed by atoms with Gasteiger partial charge in [0.2, 0.25) is 0 Å². The second-order valence-electron chi connectivity index (χ2n) is 6.08. The largest absolute Gasteiger partial charge is 0.493 e. The minimum Gasteiger partial charge on any atom is -0.493 e. The van der Waals surface area contributed by atoms with Gasteiger partial charge in [-0.3, -0.25) is 4.98 Å². The smallest absolute Gasteiger partial charge is 0.119 e. The van der Waals surface area contributed by atoms with Crippen molar-refractivity contribution in [3.63, 3.8) is 0 Å². The molecular formula is C22H23NO2. The lowest BCUT2D eigenvalue weighted by molar-refractivity contribution is 0.131. The summed E-state index contributed by atoms with van der Waals surface area (Å²) in [7, 11) is 0. The number of ether oxygens (including phenoxy) is 1. The fourth-order valence-corrected chi connectivity index (χ4v) is 2.71. The van der Waals surface area contributed by atoms with Gasteiger partial charge in [0, 0.05) is 18.8 Å². The van der Waals surface area contributed by atoms with E-state index in [1.807, 2.05) is 48.7 Å². The van der Waals surface area contributed by atoms with Gasteiger partial charge in [-0.05, 0) is 47.7 Å². The van der Waals surface area contributed by atoms with E-state index in [0.717, 1.165) is 24.2 Å². The molecule has 3 heteroatoms. The first-order valence-electron chi connectivity index (χ1n) is 8.66. The van der Waals surface area contributed by atoms with Crippen LogP contribution in [0, 0.1) is 0 Å². The number of aromatic nitrogens is 1. The molecule has 1 aromatic heterocycles. The summed E-state index contributed by atoms with van der Waals surface area (Å²) < 4.78 is 5.75. The van der Waals surface area contributed by atoms with Crippen LogP contribution in [-0.2, 0) is 6.42 Å². The van der Waals surface area contributed by atoms with E-state index < -0.39 is 0 Å². The van der Waals surface area contributed by atoms with Crippen LogP contribution in [0.1, 0.15) is 18.4 Å². The Balaban J connectivity index is 1.41. The SMILES string of the molecule is O[C@@H](CCOc1ccc(-c2ccccc2)cc1)CCc1cccnc1. The van der Waals surface area contributed by atoms with Crippen molar-refractivity contribution < 1.29 is 9.84 Å². The lowest BCUT2D eigenvalue weighted by Gasteiger charge is -2.12. The van der Waals surface area contributed by atoms with Crippen LogP contribution in [0.2, 0.25) is 0 Å². The summed E-state index contributed by atoms with van der Waals surface area (Å²) >= 11 is 0. The van der Waals surface area contributed by atoms with Crippen molar-refractivity contribution in [2.75, 3.05) is 6.61 Å². The van der Waals surface area contributed by atoms with Crippen molar-refractivity contribution in [2.45, 2.75) is 25.4 Å². The van der Waals surface area contributed by atoms with Gasteiger partial charge in [-0.1, -0.05) is 48.5 Å². The maximum atomic E-state index is 10.1. The quantitative estimate of drug-likeness (QED) is 0.659. The predicted molar refractivity (Wildman–Crippen MR) is 101 cm³/mol. The molecule has 0 saturated heterocycles. The Kier molecular flexibility index (Phi) is 6.18. The van der Waals surface area contributed by atoms with Crippen LogP contribution >= 0.6 is 0 Å². The fourth-order valence-electron chi connectivity index (χ4n) is 2.71. The second-order valence-corrected chi connectivity index (χ2v) is 6.08. The molecule has 0 unspecified atom stereocenters. The van der Waals surface area contributed by atoms with E-state index >= 15 is 0 Å². The molecule has 0 bridgehead atoms. The normalized spacial score (nSPS) is 11.9. The average molecular weight is 333 g/mol. The van der Waals surface area contributed by atoms with Crippen LogP contribution in [-0.4, -0.2) is 22.8 Å². The summed E-state index contributed by atoms with van der Waals surface area (Å²) in [6, 6.07) is 22.3. The molecule has 1 N–H and O–H groups in total. The van der Waals surface area contributed by atoms with E-state index in [0.29, 0.717) is 13.0 Å². The number of benzene rings is 2. The molecule has 1 atom stereocenters. The summed E-state index contributed by atoms with van der Waals surface area (Å²) in [5.41, 5.74) is 3.52. The predicted octanol–water partition coefficient (Wildman–Crippen LogP) is 4.51. The van der Waals surface area contributed by atoms with Crippen molar-refractivity contribution >= 4 is 0 Å². The van der Waals surface area contributed by atoms with Gasteiger partial charge in [0.05, 0.1) is 12.7 Å². The van der Waals surface area contributed by atoms with E-state index in [4.69, 9.17) is 4.74 Å². The van der Waals surface area contributed by atoms with E-state index in [2.05, 4.69) is 29.2 Å². The third kappa shape index (κ3) is 5.44. The molecule has 0 aliphatic rings. The number of aryl methyl sites for hydroxylation is 1. The number of aliphatic hydroxyl groups is 1. The third-order valence-corrected chi connectivity index (χ3v) is 4.17. The number of hydrogen-bond acceptors (Lipinski definition) is 3. The van der Waals surface area contributed by atoms with Crippen molar-refractivity contribution in [3.8, 4) is 16.9 Å². The van der Waals surface area contributed by atoms with E-state index in [1.54, 1.807) is 6.20 Å². The summed E-state index contributed by atoms with van der Waals surface area (Å²) in [6.07, 6.45) is 5.43. The van der Waals surface area contributed by atoms with Gasteiger partial charge in [-0.2, -0.15) is 0 Å². The average Bonchev–Trinajstić information content (AvgIpc) is 2.68. The molecule has 0 saturated carbocycles. The van der Waals surface area contributed by atoms with Gasteiger partial charge >= 0.3 is 0 Å². The monoisotopic (exact) mass is 333 g/mol. The molecule has 0 spiro atoms. The van der Waals surface area contributed by atoms with Gasteiger partial charge in [0.15, 0.2) is 0 Å². The lowest BCUT2D eigenvalue weighted by atomic mass is 10.1. The van der Waals surface area contributed by atoms with Crippen LogP contribution < -0.4 is 4.74 Å². The Hall–Kier alpha value is -2.65. The highest BCUT2D eigenvalue weighted by Gasteiger charge is 2.06. The van der Waals surface area contributed by atoms with Crippen LogP contribution in [0.4, 0.5) is 0 Å². The summed E-state index contributed by atoms with van der Waals surface area (Å²) in [4.78, 5) is 4.09. The number of rotatable bonds is 8. The zero-order valence-electron chi connectivity index (χ0n) is 14.2. The number of hydrogen-bond donors (Lipinski definition) is 1. The molecular weight excluding hydrogens is 310 g/mol. The summed E-state index contributed by atoms with van der Waals surface area (Å²) in [6.45, 7) is 0.513. The summed E-state index contributed by atoms with van der Waals surface area (Å²) in [5.74, 6) is 0.833. The van der Waals surface area contributed by atoms with Gasteiger partial charge < -0.3 is 9.84 Å². The molecule has 0 amide bonds. The fraction of sp³-hybridized carbons (Fsp3) is 0.227. The summed E-state index contributed by atoms with van der Waals surface area (Å²) in [5, 5.41) is 10.1. The van der Waals surface area contributed by atoms with Crippen LogP contribution in [0.25, 0.3) is 11.1 Å². The van der Waals surface area contributed by atoms with E-state index in [9.17, 15) is 5.11 Å². The number of nitrogens with zero attached hydrogens (tertiary/aromatic N) is 1. The Morgan fingerprint density at radius 2 is 1.60 bits per heavy atom. The molecule has 0 radical (unpaired) electrons. The first kappa shape index (κ1) is 17.2. The molecule has 1 heterocycles. The van der Waals surface area contributed by atoms with Gasteiger partial charge in [-0.25, -0.2) is 0 Å². The van der Waals surface area contributed by atoms with Gasteiger partial charge in [0.1, 0.15) is 5.75 Å². The van der Waals surface area contributed by atoms with Crippen LogP contribution in [0.5, 0.6) is 5.75 Å². The van der Waals surface area contributed by atoms with Crippen molar-refractivity contribution in [1.29, 1.82) is 0 Å². The minimum absolute atomic E-state index is 0.358. The lowest BCUT2D eigenvalue weighted by Crippen LogP contribution is -2.13. The zero-order valence-corrected chi connectivity index (χ0v) is 14.2. The Morgan fingerprint density at radius 3 is 2.32 bits per heavy atom. The topological polar surface area (TPSA) is 42.4 Å². The van der Waals surface area contributed by atoms with Crippen molar-refractivity contribution in [1.82, 2.24) is 4.98 Å². The highest BCUT2D eigenvalue weighted by atomic mass is 16.5. The van der Waals surface area contributed by atoms with E-state index in [1.165, 1.54) is 11.1 Å². The Morgan fingerprint density at radius 1 is 0.840 bits per heavy atom. The van der Waals surface area contributed by atoms with Crippen molar-refractivity contribution in [2.24, 2.45) is 0 Å². The van der Waals surface area contributed by atoms with E-state index in [-0.39, 0.29) is 6.10 Å². The highest BCUT2D eigenvalue weighted by molar-refractivity contribution is 5.63. The molecule has 0 aliphatic heterocycles. The molecule has 0 fully saturated rings. The van der Waals surface area contributed by atoms with Crippen LogP contribution in [0.3, 0.4) is 0 Å². The third-order valence-electron chi connectivity index (χ3n) is 4.17. The molecule has 0 aliphatic carbocycles. The molecule has 128 valence electrons. The molecule has 25 heavy (non-hydrogen) atoms. The van der Waals surface area contributed by atoms with Gasteiger partial charge in [-0.15, -0.1) is 0 Å². The maximum absolute atomic E-state index is 10.1. The second kappa shape index (κ2) is 9.00. The minimum atomic E-state index is -0.358. The van der Waals surface area contributed by atoms with Crippen LogP contribution in [0.15, 0.2) is 79.1 Å². The Bertz CT molecular complexity index is 742. The van der Waals surface area contributed by atoms with Crippen molar-refractivity contribution in [3.05, 3.63) is 84.7 Å². The first-order valence-corrected chi connectivity index (χ1v) is 8.66. The number of aliphatic hydroxyl groups excluding tert-OH is 1. The molecule has 3 aromatic rings. The molecule has 3 nitrogen and oxygen atoms in total. The maximum Gasteiger partial charge on any atom is 0.119 e. The first-order chi connectivity index (χ1) is 12.3. The molecule has 2 aromatic carbocycles. The Labute approximate surface area is 148 Å². The van der Waals surface area contributed by atoms with Gasteiger partial charge in [0.25, 0.3) is 0 Å².